The van der Waals surface area contributed by atoms with Crippen molar-refractivity contribution in [3.8, 4) is 0 Å². The third kappa shape index (κ3) is 5.01. The van der Waals surface area contributed by atoms with Crippen LogP contribution in [0.2, 0.25) is 0 Å². The lowest BCUT2D eigenvalue weighted by atomic mass is 10.0. The summed E-state index contributed by atoms with van der Waals surface area (Å²) in [5.41, 5.74) is 0. The number of hydrogen-bond donors (Lipinski definition) is 2. The topological polar surface area (TPSA) is 41.1 Å². The Kier molecular flexibility index (Phi) is 5.91. The van der Waals surface area contributed by atoms with E-state index >= 15 is 0 Å². The lowest BCUT2D eigenvalue weighted by Crippen LogP contribution is -2.48. The van der Waals surface area contributed by atoms with Crippen LogP contribution in [0.25, 0.3) is 0 Å². The van der Waals surface area contributed by atoms with E-state index in [0.717, 1.165) is 0 Å². The monoisotopic (exact) mass is 186 g/mol. The van der Waals surface area contributed by atoms with Crippen LogP contribution in [0.15, 0.2) is 0 Å². The maximum absolute atomic E-state index is 11.7. The van der Waals surface area contributed by atoms with Crippen molar-refractivity contribution < 1.29 is 4.79 Å². The van der Waals surface area contributed by atoms with Crippen molar-refractivity contribution in [2.75, 3.05) is 13.6 Å². The minimum atomic E-state index is -0.0509. The molecule has 3 nitrogen and oxygen atoms in total. The third-order valence-corrected chi connectivity index (χ3v) is 1.86. The van der Waals surface area contributed by atoms with Crippen LogP contribution in [0.1, 0.15) is 27.7 Å². The molecule has 78 valence electrons. The van der Waals surface area contributed by atoms with E-state index in [4.69, 9.17) is 0 Å². The van der Waals surface area contributed by atoms with Gasteiger partial charge in [-0.15, -0.1) is 0 Å². The normalized spacial score (nSPS) is 13.8. The number of hydrogen-bond acceptors (Lipinski definition) is 3. The predicted octanol–water partition coefficient (Wildman–Crippen LogP) is 0.797. The largest absolute Gasteiger partial charge is 0.318 e. The van der Waals surface area contributed by atoms with Crippen molar-refractivity contribution in [3.05, 3.63) is 0 Å². The first kappa shape index (κ1) is 12.6. The third-order valence-electron chi connectivity index (χ3n) is 1.86. The van der Waals surface area contributed by atoms with E-state index in [2.05, 4.69) is 24.5 Å². The van der Waals surface area contributed by atoms with Crippen molar-refractivity contribution in [2.45, 2.75) is 39.8 Å². The van der Waals surface area contributed by atoms with Gasteiger partial charge in [0.1, 0.15) is 0 Å². The van der Waals surface area contributed by atoms with Crippen molar-refractivity contribution in [1.29, 1.82) is 0 Å². The van der Waals surface area contributed by atoms with Gasteiger partial charge in [-0.3, -0.25) is 4.79 Å². The summed E-state index contributed by atoms with van der Waals surface area (Å²) >= 11 is 0. The molecule has 0 radical (unpaired) electrons. The molecule has 0 heterocycles. The molecule has 0 bridgehead atoms. The molecule has 1 unspecified atom stereocenters. The summed E-state index contributed by atoms with van der Waals surface area (Å²) in [4.78, 5) is 11.7. The molecule has 0 aromatic carbocycles. The average molecular weight is 186 g/mol. The molecule has 3 heteroatoms. The quantitative estimate of drug-likeness (QED) is 0.644. The molecule has 0 fully saturated rings. The second-order valence-corrected chi connectivity index (χ2v) is 3.99. The summed E-state index contributed by atoms with van der Waals surface area (Å²) in [6.45, 7) is 8.68. The van der Waals surface area contributed by atoms with Crippen molar-refractivity contribution >= 4 is 5.78 Å². The molecule has 0 aromatic rings. The lowest BCUT2D eigenvalue weighted by Gasteiger charge is -2.21. The standard InChI is InChI=1S/C10H22N2O/c1-7(2)10(13)9(6-11-5)12-8(3)4/h7-9,11-12H,6H2,1-5H3. The van der Waals surface area contributed by atoms with Gasteiger partial charge < -0.3 is 10.6 Å². The molecule has 0 aliphatic heterocycles. The highest BCUT2D eigenvalue weighted by molar-refractivity contribution is 5.86. The fourth-order valence-corrected chi connectivity index (χ4v) is 1.25. The molecular formula is C10H22N2O. The van der Waals surface area contributed by atoms with Crippen LogP contribution in [-0.2, 0) is 4.79 Å². The van der Waals surface area contributed by atoms with Gasteiger partial charge in [0.05, 0.1) is 6.04 Å². The first-order valence-corrected chi connectivity index (χ1v) is 4.93. The number of carbonyl (C=O) groups excluding carboxylic acids is 1. The van der Waals surface area contributed by atoms with Crippen LogP contribution >= 0.6 is 0 Å². The summed E-state index contributed by atoms with van der Waals surface area (Å²) < 4.78 is 0. The summed E-state index contributed by atoms with van der Waals surface area (Å²) in [7, 11) is 1.86. The Hall–Kier alpha value is -0.410. The van der Waals surface area contributed by atoms with Gasteiger partial charge >= 0.3 is 0 Å². The zero-order valence-corrected chi connectivity index (χ0v) is 9.35. The molecule has 1 atom stereocenters. The Morgan fingerprint density at radius 3 is 2.08 bits per heavy atom. The molecular weight excluding hydrogens is 164 g/mol. The van der Waals surface area contributed by atoms with E-state index in [1.807, 2.05) is 20.9 Å². The van der Waals surface area contributed by atoms with Crippen molar-refractivity contribution in [1.82, 2.24) is 10.6 Å². The maximum Gasteiger partial charge on any atom is 0.153 e. The molecule has 0 amide bonds. The molecule has 0 rings (SSSR count). The molecule has 2 N–H and O–H groups in total. The van der Waals surface area contributed by atoms with E-state index in [1.54, 1.807) is 0 Å². The van der Waals surface area contributed by atoms with Gasteiger partial charge in [0, 0.05) is 18.5 Å². The molecule has 13 heavy (non-hydrogen) atoms. The van der Waals surface area contributed by atoms with Gasteiger partial charge in [0.15, 0.2) is 5.78 Å². The number of ketones is 1. The molecule has 0 aromatic heterocycles. The highest BCUT2D eigenvalue weighted by atomic mass is 16.1. The van der Waals surface area contributed by atoms with Gasteiger partial charge in [-0.05, 0) is 7.05 Å². The van der Waals surface area contributed by atoms with Gasteiger partial charge in [-0.1, -0.05) is 27.7 Å². The first-order chi connectivity index (χ1) is 5.99. The molecule has 0 aliphatic rings. The molecule has 0 aliphatic carbocycles. The second-order valence-electron chi connectivity index (χ2n) is 3.99. The zero-order valence-electron chi connectivity index (χ0n) is 9.35. The number of Topliss-reactive ketones (excluding diaryl/α,β-unsaturated/α-hetero) is 1. The SMILES string of the molecule is CNCC(NC(C)C)C(=O)C(C)C. The minimum absolute atomic E-state index is 0.0509. The number of carbonyl (C=O) groups is 1. The van der Waals surface area contributed by atoms with Crippen LogP contribution < -0.4 is 10.6 Å². The van der Waals surface area contributed by atoms with E-state index in [0.29, 0.717) is 12.6 Å². The van der Waals surface area contributed by atoms with Gasteiger partial charge in [0.2, 0.25) is 0 Å². The van der Waals surface area contributed by atoms with Gasteiger partial charge in [0.25, 0.3) is 0 Å². The number of likely N-dealkylation sites (N-methyl/N-ethyl adjacent to an activating group) is 1. The molecule has 0 saturated carbocycles. The summed E-state index contributed by atoms with van der Waals surface area (Å²) in [5, 5.41) is 6.28. The second kappa shape index (κ2) is 6.11. The number of nitrogens with one attached hydrogen (secondary N) is 2. The summed E-state index contributed by atoms with van der Waals surface area (Å²) in [6, 6.07) is 0.297. The highest BCUT2D eigenvalue weighted by Gasteiger charge is 2.20. The van der Waals surface area contributed by atoms with Crippen LogP contribution in [0.4, 0.5) is 0 Å². The molecule has 0 saturated heterocycles. The van der Waals surface area contributed by atoms with E-state index in [1.165, 1.54) is 0 Å². The summed E-state index contributed by atoms with van der Waals surface area (Å²) in [6.07, 6.45) is 0. The lowest BCUT2D eigenvalue weighted by molar-refractivity contribution is -0.124. The Balaban J connectivity index is 4.15. The fraction of sp³-hybridized carbons (Fsp3) is 0.900. The highest BCUT2D eigenvalue weighted by Crippen LogP contribution is 2.00. The van der Waals surface area contributed by atoms with Crippen LogP contribution in [0.5, 0.6) is 0 Å². The van der Waals surface area contributed by atoms with Gasteiger partial charge in [-0.25, -0.2) is 0 Å². The van der Waals surface area contributed by atoms with E-state index < -0.39 is 0 Å². The first-order valence-electron chi connectivity index (χ1n) is 4.93. The predicted molar refractivity (Wildman–Crippen MR) is 55.8 cm³/mol. The van der Waals surface area contributed by atoms with Crippen LogP contribution in [-0.4, -0.2) is 31.5 Å². The maximum atomic E-state index is 11.7. The van der Waals surface area contributed by atoms with Crippen LogP contribution in [0.3, 0.4) is 0 Å². The van der Waals surface area contributed by atoms with Crippen LogP contribution in [0, 0.1) is 5.92 Å². The Bertz CT molecular complexity index is 155. The average Bonchev–Trinajstić information content (AvgIpc) is 2.01. The Morgan fingerprint density at radius 1 is 1.23 bits per heavy atom. The Labute approximate surface area is 81.3 Å². The Morgan fingerprint density at radius 2 is 1.77 bits per heavy atom. The number of rotatable bonds is 6. The fourth-order valence-electron chi connectivity index (χ4n) is 1.25. The zero-order chi connectivity index (χ0) is 10.4. The molecule has 0 spiro atoms. The van der Waals surface area contributed by atoms with Crippen molar-refractivity contribution in [3.63, 3.8) is 0 Å². The van der Waals surface area contributed by atoms with Gasteiger partial charge in [-0.2, -0.15) is 0 Å². The summed E-state index contributed by atoms with van der Waals surface area (Å²) in [5.74, 6) is 0.382. The smallest absolute Gasteiger partial charge is 0.153 e. The van der Waals surface area contributed by atoms with E-state index in [9.17, 15) is 4.79 Å². The van der Waals surface area contributed by atoms with Crippen molar-refractivity contribution in [2.24, 2.45) is 5.92 Å². The van der Waals surface area contributed by atoms with E-state index in [-0.39, 0.29) is 17.7 Å². The minimum Gasteiger partial charge on any atom is -0.318 e.